The van der Waals surface area contributed by atoms with Crippen LogP contribution in [-0.2, 0) is 4.79 Å². The summed E-state index contributed by atoms with van der Waals surface area (Å²) in [5.74, 6) is 0.122. The molecular weight excluding hydrogens is 455 g/mol. The Morgan fingerprint density at radius 1 is 1.03 bits per heavy atom. The average Bonchev–Trinajstić information content (AvgIpc) is 3.11. The number of amides is 5. The van der Waals surface area contributed by atoms with Crippen molar-refractivity contribution in [1.82, 2.24) is 20.0 Å². The van der Waals surface area contributed by atoms with Crippen molar-refractivity contribution in [3.05, 3.63) is 24.3 Å². The van der Waals surface area contributed by atoms with Crippen LogP contribution in [0.2, 0.25) is 0 Å². The van der Waals surface area contributed by atoms with Crippen molar-refractivity contribution in [1.29, 1.82) is 0 Å². The van der Waals surface area contributed by atoms with Crippen LogP contribution in [0.4, 0.5) is 28.4 Å². The third-order valence-corrected chi connectivity index (χ3v) is 6.66. The highest BCUT2D eigenvalue weighted by Crippen LogP contribution is 2.33. The van der Waals surface area contributed by atoms with Crippen LogP contribution in [0.5, 0.6) is 5.75 Å². The lowest BCUT2D eigenvalue weighted by molar-refractivity contribution is -0.274. The molecule has 0 saturated carbocycles. The first-order chi connectivity index (χ1) is 16.2. The van der Waals surface area contributed by atoms with Gasteiger partial charge in [0, 0.05) is 57.9 Å². The number of likely N-dealkylation sites (tertiary alicyclic amines) is 2. The van der Waals surface area contributed by atoms with Crippen LogP contribution in [0.15, 0.2) is 24.3 Å². The SMILES string of the molecule is O=C1C[C@@H]2CCN(C(=O)Nc3ccc(OC(F)(F)F)cc3)C[C@@H]2CCN1CCN1CCNC1=O. The van der Waals surface area contributed by atoms with Gasteiger partial charge >= 0.3 is 18.4 Å². The zero-order valence-electron chi connectivity index (χ0n) is 18.6. The van der Waals surface area contributed by atoms with E-state index in [0.717, 1.165) is 18.6 Å². The molecule has 2 N–H and O–H groups in total. The highest BCUT2D eigenvalue weighted by Gasteiger charge is 2.36. The number of nitrogens with one attached hydrogen (secondary N) is 2. The number of rotatable bonds is 5. The molecule has 0 unspecified atom stereocenters. The summed E-state index contributed by atoms with van der Waals surface area (Å²) in [6.45, 7) is 3.89. The maximum absolute atomic E-state index is 12.8. The Hall–Kier alpha value is -3.18. The Bertz CT molecular complexity index is 911. The molecule has 3 heterocycles. The van der Waals surface area contributed by atoms with Gasteiger partial charge in [-0.15, -0.1) is 13.2 Å². The third kappa shape index (κ3) is 6.03. The zero-order chi connectivity index (χ0) is 24.3. The Morgan fingerprint density at radius 3 is 2.41 bits per heavy atom. The second-order valence-corrected chi connectivity index (χ2v) is 8.85. The number of benzene rings is 1. The summed E-state index contributed by atoms with van der Waals surface area (Å²) in [6, 6.07) is 4.58. The number of hydrogen-bond donors (Lipinski definition) is 2. The second-order valence-electron chi connectivity index (χ2n) is 8.85. The number of nitrogens with zero attached hydrogens (tertiary/aromatic N) is 3. The number of carbonyl (C=O) groups is 3. The molecule has 5 amide bonds. The molecule has 0 bridgehead atoms. The lowest BCUT2D eigenvalue weighted by Gasteiger charge is -2.37. The van der Waals surface area contributed by atoms with Crippen LogP contribution in [-0.4, -0.2) is 84.8 Å². The number of alkyl halides is 3. The second kappa shape index (κ2) is 9.98. The molecule has 1 aromatic carbocycles. The minimum Gasteiger partial charge on any atom is -0.406 e. The van der Waals surface area contributed by atoms with Crippen molar-refractivity contribution in [2.75, 3.05) is 51.1 Å². The van der Waals surface area contributed by atoms with Gasteiger partial charge in [0.1, 0.15) is 5.75 Å². The summed E-state index contributed by atoms with van der Waals surface area (Å²) in [7, 11) is 0. The maximum Gasteiger partial charge on any atom is 0.573 e. The maximum atomic E-state index is 12.8. The largest absolute Gasteiger partial charge is 0.573 e. The highest BCUT2D eigenvalue weighted by atomic mass is 19.4. The number of piperidine rings is 1. The van der Waals surface area contributed by atoms with Gasteiger partial charge in [0.2, 0.25) is 5.91 Å². The minimum atomic E-state index is -4.77. The first kappa shape index (κ1) is 24.0. The number of fused-ring (bicyclic) bond motifs is 1. The summed E-state index contributed by atoms with van der Waals surface area (Å²) >= 11 is 0. The molecule has 12 heteroatoms. The van der Waals surface area contributed by atoms with E-state index < -0.39 is 6.36 Å². The molecule has 34 heavy (non-hydrogen) atoms. The topological polar surface area (TPSA) is 94.2 Å². The Kier molecular flexibility index (Phi) is 7.03. The van der Waals surface area contributed by atoms with Crippen LogP contribution in [0.3, 0.4) is 0 Å². The Balaban J connectivity index is 1.28. The molecule has 0 aliphatic carbocycles. The number of ether oxygens (including phenoxy) is 1. The first-order valence-corrected chi connectivity index (χ1v) is 11.4. The molecule has 3 aliphatic heterocycles. The fraction of sp³-hybridized carbons (Fsp3) is 0.591. The molecule has 0 spiro atoms. The van der Waals surface area contributed by atoms with Gasteiger partial charge in [-0.3, -0.25) is 4.79 Å². The van der Waals surface area contributed by atoms with Crippen molar-refractivity contribution in [3.63, 3.8) is 0 Å². The van der Waals surface area contributed by atoms with Crippen LogP contribution in [0.1, 0.15) is 19.3 Å². The van der Waals surface area contributed by atoms with Crippen molar-refractivity contribution < 1.29 is 32.3 Å². The molecule has 186 valence electrons. The summed E-state index contributed by atoms with van der Waals surface area (Å²) in [4.78, 5) is 42.4. The predicted octanol–water partition coefficient (Wildman–Crippen LogP) is 2.70. The predicted molar refractivity (Wildman–Crippen MR) is 116 cm³/mol. The summed E-state index contributed by atoms with van der Waals surface area (Å²) in [6.07, 6.45) is -2.85. The molecule has 3 fully saturated rings. The lowest BCUT2D eigenvalue weighted by atomic mass is 9.82. The quantitative estimate of drug-likeness (QED) is 0.674. The van der Waals surface area contributed by atoms with Gasteiger partial charge in [-0.25, -0.2) is 9.59 Å². The number of anilines is 1. The monoisotopic (exact) mass is 483 g/mol. The van der Waals surface area contributed by atoms with Gasteiger partial charge in [0.25, 0.3) is 0 Å². The third-order valence-electron chi connectivity index (χ3n) is 6.66. The standard InChI is InChI=1S/C22H28F3N5O4/c23-22(24,25)34-18-3-1-17(2-4-18)27-21(33)30-9-5-15-13-19(31)28(8-6-16(15)14-30)11-12-29-10-7-26-20(29)32/h1-4,15-16H,5-14H2,(H,26,32)(H,27,33)/t15-,16-/m0/s1. The molecule has 3 aliphatic rings. The van der Waals surface area contributed by atoms with Crippen molar-refractivity contribution in [2.24, 2.45) is 11.8 Å². The highest BCUT2D eigenvalue weighted by molar-refractivity contribution is 5.89. The van der Waals surface area contributed by atoms with E-state index in [2.05, 4.69) is 15.4 Å². The minimum absolute atomic E-state index is 0.0890. The van der Waals surface area contributed by atoms with Crippen LogP contribution in [0.25, 0.3) is 0 Å². The van der Waals surface area contributed by atoms with Gasteiger partial charge in [-0.2, -0.15) is 0 Å². The number of halogens is 3. The van der Waals surface area contributed by atoms with Crippen molar-refractivity contribution >= 4 is 23.7 Å². The van der Waals surface area contributed by atoms with E-state index in [1.54, 1.807) is 9.80 Å². The van der Waals surface area contributed by atoms with E-state index in [1.165, 1.54) is 12.1 Å². The molecule has 9 nitrogen and oxygen atoms in total. The van der Waals surface area contributed by atoms with Crippen LogP contribution >= 0.6 is 0 Å². The average molecular weight is 483 g/mol. The number of urea groups is 2. The zero-order valence-corrected chi connectivity index (χ0v) is 18.6. The van der Waals surface area contributed by atoms with E-state index >= 15 is 0 Å². The van der Waals surface area contributed by atoms with E-state index in [-0.39, 0.29) is 35.6 Å². The normalized spacial score (nSPS) is 23.3. The fourth-order valence-corrected chi connectivity index (χ4v) is 4.81. The molecule has 2 atom stereocenters. The lowest BCUT2D eigenvalue weighted by Crippen LogP contribution is -2.45. The molecule has 4 rings (SSSR count). The van der Waals surface area contributed by atoms with E-state index in [0.29, 0.717) is 64.3 Å². The van der Waals surface area contributed by atoms with Gasteiger partial charge < -0.3 is 30.1 Å². The molecule has 0 radical (unpaired) electrons. The summed E-state index contributed by atoms with van der Waals surface area (Å²) in [5.41, 5.74) is 0.370. The number of carbonyl (C=O) groups excluding carboxylic acids is 3. The van der Waals surface area contributed by atoms with E-state index in [9.17, 15) is 27.6 Å². The van der Waals surface area contributed by atoms with Gasteiger partial charge in [-0.05, 0) is 48.9 Å². The Morgan fingerprint density at radius 2 is 1.74 bits per heavy atom. The first-order valence-electron chi connectivity index (χ1n) is 11.4. The van der Waals surface area contributed by atoms with Crippen molar-refractivity contribution in [3.8, 4) is 5.75 Å². The molecule has 0 aromatic heterocycles. The van der Waals surface area contributed by atoms with E-state index in [4.69, 9.17) is 0 Å². The summed E-state index contributed by atoms with van der Waals surface area (Å²) in [5, 5.41) is 5.47. The van der Waals surface area contributed by atoms with Crippen molar-refractivity contribution in [2.45, 2.75) is 25.6 Å². The fourth-order valence-electron chi connectivity index (χ4n) is 4.81. The molecular formula is C22H28F3N5O4. The van der Waals surface area contributed by atoms with Gasteiger partial charge in [-0.1, -0.05) is 0 Å². The molecule has 1 aromatic rings. The van der Waals surface area contributed by atoms with Crippen LogP contribution in [0, 0.1) is 11.8 Å². The van der Waals surface area contributed by atoms with Gasteiger partial charge in [0.05, 0.1) is 0 Å². The summed E-state index contributed by atoms with van der Waals surface area (Å²) < 4.78 is 40.7. The molecule has 3 saturated heterocycles. The van der Waals surface area contributed by atoms with Crippen LogP contribution < -0.4 is 15.4 Å². The van der Waals surface area contributed by atoms with E-state index in [1.807, 2.05) is 4.90 Å². The Labute approximate surface area is 195 Å². The van der Waals surface area contributed by atoms with Gasteiger partial charge in [0.15, 0.2) is 0 Å². The smallest absolute Gasteiger partial charge is 0.406 e. The number of hydrogen-bond acceptors (Lipinski definition) is 4.